The van der Waals surface area contributed by atoms with E-state index < -0.39 is 5.82 Å². The molecule has 0 aliphatic heterocycles. The molecule has 0 radical (unpaired) electrons. The smallest absolute Gasteiger partial charge is 0.150 e. The molecule has 0 spiro atoms. The van der Waals surface area contributed by atoms with Gasteiger partial charge in [-0.05, 0) is 35.9 Å². The van der Waals surface area contributed by atoms with Crippen molar-refractivity contribution in [3.05, 3.63) is 64.4 Å². The van der Waals surface area contributed by atoms with Gasteiger partial charge in [0.25, 0.3) is 0 Å². The van der Waals surface area contributed by atoms with Gasteiger partial charge in [0.1, 0.15) is 12.1 Å². The molecule has 4 heteroatoms. The summed E-state index contributed by atoms with van der Waals surface area (Å²) in [5, 5.41) is 0.674. The van der Waals surface area contributed by atoms with E-state index >= 15 is 0 Å². The molecule has 0 N–H and O–H groups in total. The second-order valence-corrected chi connectivity index (χ2v) is 4.75. The fraction of sp³-hybridized carbons (Fsp3) is 0.133. The first-order valence-electron chi connectivity index (χ1n) is 5.80. The Bertz CT molecular complexity index is 583. The lowest BCUT2D eigenvalue weighted by molar-refractivity contribution is 0.112. The third kappa shape index (κ3) is 3.32. The van der Waals surface area contributed by atoms with E-state index in [-0.39, 0.29) is 0 Å². The lowest BCUT2D eigenvalue weighted by Gasteiger charge is -2.20. The largest absolute Gasteiger partial charge is 0.368 e. The Morgan fingerprint density at radius 1 is 1.21 bits per heavy atom. The molecule has 0 heterocycles. The molecule has 0 bridgehead atoms. The van der Waals surface area contributed by atoms with Crippen molar-refractivity contribution in [2.45, 2.75) is 6.54 Å². The monoisotopic (exact) mass is 277 g/mol. The zero-order valence-corrected chi connectivity index (χ0v) is 11.2. The maximum absolute atomic E-state index is 13.8. The number of carbonyl (C=O) groups is 1. The molecule has 0 unspecified atom stereocenters. The van der Waals surface area contributed by atoms with E-state index in [9.17, 15) is 9.18 Å². The van der Waals surface area contributed by atoms with Gasteiger partial charge in [0.05, 0.1) is 5.69 Å². The number of nitrogens with zero attached hydrogens (tertiary/aromatic N) is 1. The van der Waals surface area contributed by atoms with Gasteiger partial charge in [-0.3, -0.25) is 4.79 Å². The van der Waals surface area contributed by atoms with Crippen LogP contribution in [0, 0.1) is 5.82 Å². The van der Waals surface area contributed by atoms with E-state index in [4.69, 9.17) is 11.6 Å². The molecule has 2 rings (SSSR count). The molecule has 0 aromatic heterocycles. The van der Waals surface area contributed by atoms with E-state index in [0.29, 0.717) is 29.1 Å². The minimum Gasteiger partial charge on any atom is -0.368 e. The van der Waals surface area contributed by atoms with E-state index in [1.165, 1.54) is 6.07 Å². The molecule has 0 atom stereocenters. The molecular weight excluding hydrogens is 265 g/mol. The summed E-state index contributed by atoms with van der Waals surface area (Å²) in [6.07, 6.45) is 0.631. The highest BCUT2D eigenvalue weighted by Crippen LogP contribution is 2.21. The summed E-state index contributed by atoms with van der Waals surface area (Å²) < 4.78 is 13.8. The molecule has 98 valence electrons. The SMILES string of the molecule is CN(Cc1ccc(Cl)cc1)c1ccc(C=O)cc1F. The highest BCUT2D eigenvalue weighted by atomic mass is 35.5. The van der Waals surface area contributed by atoms with Crippen LogP contribution in [0.15, 0.2) is 42.5 Å². The van der Waals surface area contributed by atoms with E-state index in [1.54, 1.807) is 36.2 Å². The normalized spacial score (nSPS) is 10.3. The fourth-order valence-electron chi connectivity index (χ4n) is 1.85. The second kappa shape index (κ2) is 5.85. The number of carbonyl (C=O) groups excluding carboxylic acids is 1. The van der Waals surface area contributed by atoms with Crippen LogP contribution < -0.4 is 4.90 Å². The van der Waals surface area contributed by atoms with Crippen molar-refractivity contribution in [2.75, 3.05) is 11.9 Å². The van der Waals surface area contributed by atoms with Gasteiger partial charge in [-0.25, -0.2) is 4.39 Å². The summed E-state index contributed by atoms with van der Waals surface area (Å²) in [4.78, 5) is 12.4. The standard InChI is InChI=1S/C15H13ClFNO/c1-18(9-11-2-5-13(16)6-3-11)15-7-4-12(10-19)8-14(15)17/h2-8,10H,9H2,1H3. The third-order valence-corrected chi connectivity index (χ3v) is 3.10. The predicted octanol–water partition coefficient (Wildman–Crippen LogP) is 3.93. The summed E-state index contributed by atoms with van der Waals surface area (Å²) >= 11 is 5.82. The zero-order chi connectivity index (χ0) is 13.8. The van der Waals surface area contributed by atoms with Crippen LogP contribution in [-0.2, 0) is 6.54 Å². The summed E-state index contributed by atoms with van der Waals surface area (Å²) in [6, 6.07) is 11.8. The zero-order valence-electron chi connectivity index (χ0n) is 10.4. The molecule has 0 fully saturated rings. The van der Waals surface area contributed by atoms with Crippen LogP contribution in [0.3, 0.4) is 0 Å². The van der Waals surface area contributed by atoms with Crippen molar-refractivity contribution < 1.29 is 9.18 Å². The molecule has 0 aliphatic carbocycles. The van der Waals surface area contributed by atoms with Crippen LogP contribution in [0.1, 0.15) is 15.9 Å². The van der Waals surface area contributed by atoms with Crippen molar-refractivity contribution in [1.29, 1.82) is 0 Å². The molecule has 19 heavy (non-hydrogen) atoms. The summed E-state index contributed by atoms with van der Waals surface area (Å²) in [5.41, 5.74) is 1.83. The average Bonchev–Trinajstić information content (AvgIpc) is 2.41. The molecule has 0 saturated carbocycles. The number of aldehydes is 1. The topological polar surface area (TPSA) is 20.3 Å². The Kier molecular flexibility index (Phi) is 4.17. The van der Waals surface area contributed by atoms with Crippen molar-refractivity contribution in [1.82, 2.24) is 0 Å². The molecule has 0 amide bonds. The molecule has 0 aliphatic rings. The highest BCUT2D eigenvalue weighted by Gasteiger charge is 2.08. The van der Waals surface area contributed by atoms with Gasteiger partial charge in [-0.1, -0.05) is 23.7 Å². The van der Waals surface area contributed by atoms with Crippen molar-refractivity contribution in [3.63, 3.8) is 0 Å². The van der Waals surface area contributed by atoms with Crippen LogP contribution in [0.2, 0.25) is 5.02 Å². The summed E-state index contributed by atoms with van der Waals surface area (Å²) in [6.45, 7) is 0.564. The van der Waals surface area contributed by atoms with E-state index in [0.717, 1.165) is 5.56 Å². The number of halogens is 2. The van der Waals surface area contributed by atoms with Gasteiger partial charge < -0.3 is 4.90 Å². The Morgan fingerprint density at radius 2 is 1.89 bits per heavy atom. The predicted molar refractivity (Wildman–Crippen MR) is 75.3 cm³/mol. The van der Waals surface area contributed by atoms with Gasteiger partial charge in [-0.2, -0.15) is 0 Å². The first-order valence-corrected chi connectivity index (χ1v) is 6.18. The minimum absolute atomic E-state index is 0.334. The number of hydrogen-bond donors (Lipinski definition) is 0. The summed E-state index contributed by atoms with van der Waals surface area (Å²) in [7, 11) is 1.80. The van der Waals surface area contributed by atoms with Crippen molar-refractivity contribution in [2.24, 2.45) is 0 Å². The van der Waals surface area contributed by atoms with Crippen LogP contribution >= 0.6 is 11.6 Å². The first kappa shape index (κ1) is 13.6. The van der Waals surface area contributed by atoms with Gasteiger partial charge >= 0.3 is 0 Å². The lowest BCUT2D eigenvalue weighted by atomic mass is 10.1. The van der Waals surface area contributed by atoms with Crippen LogP contribution in [-0.4, -0.2) is 13.3 Å². The first-order chi connectivity index (χ1) is 9.10. The van der Waals surface area contributed by atoms with Crippen LogP contribution in [0.25, 0.3) is 0 Å². The molecule has 2 aromatic carbocycles. The number of anilines is 1. The average molecular weight is 278 g/mol. The van der Waals surface area contributed by atoms with Crippen molar-refractivity contribution in [3.8, 4) is 0 Å². The summed E-state index contributed by atoms with van der Waals surface area (Å²) in [5.74, 6) is -0.402. The molecular formula is C15H13ClFNO. The molecule has 2 aromatic rings. The van der Waals surface area contributed by atoms with Crippen LogP contribution in [0.5, 0.6) is 0 Å². The number of benzene rings is 2. The number of rotatable bonds is 4. The highest BCUT2D eigenvalue weighted by molar-refractivity contribution is 6.30. The van der Waals surface area contributed by atoms with Crippen LogP contribution in [0.4, 0.5) is 10.1 Å². The second-order valence-electron chi connectivity index (χ2n) is 4.31. The maximum atomic E-state index is 13.8. The van der Waals surface area contributed by atoms with E-state index in [1.807, 2.05) is 12.1 Å². The van der Waals surface area contributed by atoms with Gasteiger partial charge in [-0.15, -0.1) is 0 Å². The Balaban J connectivity index is 2.17. The third-order valence-electron chi connectivity index (χ3n) is 2.85. The fourth-order valence-corrected chi connectivity index (χ4v) is 1.98. The quantitative estimate of drug-likeness (QED) is 0.789. The molecule has 0 saturated heterocycles. The Labute approximate surface area is 116 Å². The Hall–Kier alpha value is -1.87. The number of hydrogen-bond acceptors (Lipinski definition) is 2. The maximum Gasteiger partial charge on any atom is 0.150 e. The van der Waals surface area contributed by atoms with Gasteiger partial charge in [0, 0.05) is 24.2 Å². The van der Waals surface area contributed by atoms with E-state index in [2.05, 4.69) is 0 Å². The van der Waals surface area contributed by atoms with Gasteiger partial charge in [0.2, 0.25) is 0 Å². The lowest BCUT2D eigenvalue weighted by Crippen LogP contribution is -2.17. The minimum atomic E-state index is -0.402. The van der Waals surface area contributed by atoms with Crippen molar-refractivity contribution >= 4 is 23.6 Å². The Morgan fingerprint density at radius 3 is 2.47 bits per heavy atom. The van der Waals surface area contributed by atoms with Gasteiger partial charge in [0.15, 0.2) is 0 Å². The molecule has 2 nitrogen and oxygen atoms in total.